The van der Waals surface area contributed by atoms with Gasteiger partial charge in [-0.3, -0.25) is 9.69 Å². The first-order valence-corrected chi connectivity index (χ1v) is 10.1. The van der Waals surface area contributed by atoms with Gasteiger partial charge >= 0.3 is 6.61 Å². The molecule has 4 nitrogen and oxygen atoms in total. The summed E-state index contributed by atoms with van der Waals surface area (Å²) in [7, 11) is 0. The van der Waals surface area contributed by atoms with E-state index in [4.69, 9.17) is 17.0 Å². The number of carbonyl (C=O) groups is 1. The van der Waals surface area contributed by atoms with E-state index in [9.17, 15) is 13.6 Å². The van der Waals surface area contributed by atoms with Crippen LogP contribution in [0.1, 0.15) is 23.6 Å². The number of rotatable bonds is 6. The first-order chi connectivity index (χ1) is 13.8. The highest BCUT2D eigenvalue weighted by Gasteiger charge is 2.34. The predicted molar refractivity (Wildman–Crippen MR) is 116 cm³/mol. The number of nitrogens with zero attached hydrogens (tertiary/aromatic N) is 1. The molecule has 2 aromatic rings. The van der Waals surface area contributed by atoms with E-state index >= 15 is 0 Å². The van der Waals surface area contributed by atoms with Crippen LogP contribution in [0.3, 0.4) is 0 Å². The van der Waals surface area contributed by atoms with Crippen LogP contribution in [0.2, 0.25) is 0 Å². The molecule has 152 valence electrons. The Morgan fingerprint density at radius 2 is 1.93 bits per heavy atom. The Bertz CT molecular complexity index is 992. The average molecular weight is 436 g/mol. The molecule has 1 heterocycles. The molecule has 1 saturated heterocycles. The lowest BCUT2D eigenvalue weighted by molar-refractivity contribution is -0.113. The second-order valence-electron chi connectivity index (χ2n) is 6.32. The number of halogens is 2. The van der Waals surface area contributed by atoms with Crippen molar-refractivity contribution in [3.05, 3.63) is 58.0 Å². The van der Waals surface area contributed by atoms with Crippen LogP contribution in [0.4, 0.5) is 14.5 Å². The third-order valence-corrected chi connectivity index (χ3v) is 5.47. The first-order valence-electron chi connectivity index (χ1n) is 8.87. The third-order valence-electron chi connectivity index (χ3n) is 4.17. The van der Waals surface area contributed by atoms with Crippen LogP contribution < -0.4 is 14.4 Å². The fourth-order valence-electron chi connectivity index (χ4n) is 2.96. The second kappa shape index (κ2) is 8.92. The van der Waals surface area contributed by atoms with E-state index < -0.39 is 6.61 Å². The monoisotopic (exact) mass is 435 g/mol. The van der Waals surface area contributed by atoms with Crippen LogP contribution in [-0.2, 0) is 4.79 Å². The average Bonchev–Trinajstić information content (AvgIpc) is 2.91. The Balaban J connectivity index is 1.92. The van der Waals surface area contributed by atoms with Gasteiger partial charge in [-0.15, -0.1) is 0 Å². The van der Waals surface area contributed by atoms with E-state index in [0.717, 1.165) is 16.8 Å². The van der Waals surface area contributed by atoms with Crippen molar-refractivity contribution in [2.45, 2.75) is 27.4 Å². The highest BCUT2D eigenvalue weighted by atomic mass is 32.2. The van der Waals surface area contributed by atoms with E-state index in [1.165, 1.54) is 22.7 Å². The Labute approximate surface area is 177 Å². The summed E-state index contributed by atoms with van der Waals surface area (Å²) >= 11 is 6.62. The smallest absolute Gasteiger partial charge is 0.387 e. The van der Waals surface area contributed by atoms with Crippen LogP contribution in [0.5, 0.6) is 11.5 Å². The Kier molecular flexibility index (Phi) is 6.54. The van der Waals surface area contributed by atoms with Crippen molar-refractivity contribution in [3.63, 3.8) is 0 Å². The molecule has 29 heavy (non-hydrogen) atoms. The lowest BCUT2D eigenvalue weighted by Gasteiger charge is -2.17. The van der Waals surface area contributed by atoms with Gasteiger partial charge in [0.15, 0.2) is 15.8 Å². The molecule has 0 radical (unpaired) electrons. The molecule has 1 aliphatic rings. The van der Waals surface area contributed by atoms with Crippen LogP contribution in [0.25, 0.3) is 6.08 Å². The van der Waals surface area contributed by atoms with Gasteiger partial charge in [0.2, 0.25) is 0 Å². The number of carbonyl (C=O) groups excluding carboxylic acids is 1. The molecule has 1 amide bonds. The Hall–Kier alpha value is -2.45. The van der Waals surface area contributed by atoms with E-state index in [1.807, 2.05) is 32.0 Å². The van der Waals surface area contributed by atoms with Gasteiger partial charge in [-0.1, -0.05) is 47.7 Å². The zero-order valence-electron chi connectivity index (χ0n) is 16.1. The predicted octanol–water partition coefficient (Wildman–Crippen LogP) is 5.71. The van der Waals surface area contributed by atoms with Crippen LogP contribution >= 0.6 is 24.0 Å². The summed E-state index contributed by atoms with van der Waals surface area (Å²) in [5.74, 6) is -0.0916. The number of alkyl halides is 2. The number of anilines is 1. The van der Waals surface area contributed by atoms with Gasteiger partial charge in [-0.05, 0) is 56.2 Å². The highest BCUT2D eigenvalue weighted by molar-refractivity contribution is 8.27. The largest absolute Gasteiger partial charge is 0.490 e. The van der Waals surface area contributed by atoms with Gasteiger partial charge in [-0.2, -0.15) is 8.78 Å². The van der Waals surface area contributed by atoms with Gasteiger partial charge in [0.25, 0.3) is 5.91 Å². The molecule has 0 aromatic heterocycles. The van der Waals surface area contributed by atoms with Gasteiger partial charge in [0, 0.05) is 0 Å². The van der Waals surface area contributed by atoms with Crippen molar-refractivity contribution in [1.82, 2.24) is 0 Å². The minimum atomic E-state index is -2.95. The Morgan fingerprint density at radius 1 is 1.17 bits per heavy atom. The van der Waals surface area contributed by atoms with E-state index in [-0.39, 0.29) is 24.0 Å². The molecule has 0 saturated carbocycles. The van der Waals surface area contributed by atoms with Gasteiger partial charge in [0.1, 0.15) is 0 Å². The number of thioether (sulfide) groups is 1. The maximum atomic E-state index is 13.0. The summed E-state index contributed by atoms with van der Waals surface area (Å²) in [5, 5.41) is 0. The molecular weight excluding hydrogens is 416 g/mol. The number of thiocarbonyl (C=S) groups is 1. The van der Waals surface area contributed by atoms with Crippen LogP contribution in [-0.4, -0.2) is 23.4 Å². The zero-order valence-corrected chi connectivity index (χ0v) is 17.7. The van der Waals surface area contributed by atoms with Crippen LogP contribution in [0, 0.1) is 13.8 Å². The number of amides is 1. The van der Waals surface area contributed by atoms with Gasteiger partial charge < -0.3 is 9.47 Å². The molecule has 0 N–H and O–H groups in total. The van der Waals surface area contributed by atoms with Crippen molar-refractivity contribution in [2.24, 2.45) is 0 Å². The van der Waals surface area contributed by atoms with Crippen LogP contribution in [0.15, 0.2) is 41.3 Å². The summed E-state index contributed by atoms with van der Waals surface area (Å²) < 4.78 is 35.4. The number of aryl methyl sites for hydroxylation is 2. The standard InChI is InChI=1S/C21H19F2NO3S2/c1-4-26-17-10-14(6-8-16(17)27-20(22)23)11-18-19(25)24(21(28)29-18)15-7-5-12(2)9-13(15)3/h5-11,20H,4H2,1-3H3/b18-11+. The number of hydrogen-bond acceptors (Lipinski definition) is 5. The molecule has 0 aliphatic carbocycles. The van der Waals surface area contributed by atoms with Gasteiger partial charge in [0.05, 0.1) is 17.2 Å². The maximum absolute atomic E-state index is 13.0. The van der Waals surface area contributed by atoms with Crippen molar-refractivity contribution >= 4 is 46.0 Å². The van der Waals surface area contributed by atoms with Crippen molar-refractivity contribution in [1.29, 1.82) is 0 Å². The SMILES string of the molecule is CCOc1cc(/C=C2/SC(=S)N(c3ccc(C)cc3C)C2=O)ccc1OC(F)F. The molecule has 0 spiro atoms. The molecule has 8 heteroatoms. The second-order valence-corrected chi connectivity index (χ2v) is 8.00. The molecule has 0 atom stereocenters. The van der Waals surface area contributed by atoms with E-state index in [2.05, 4.69) is 4.74 Å². The minimum Gasteiger partial charge on any atom is -0.490 e. The normalized spacial score (nSPS) is 15.5. The minimum absolute atomic E-state index is 0.0539. The number of hydrogen-bond donors (Lipinski definition) is 0. The van der Waals surface area contributed by atoms with Crippen molar-refractivity contribution < 1.29 is 23.0 Å². The lowest BCUT2D eigenvalue weighted by atomic mass is 10.1. The molecular formula is C21H19F2NO3S2. The van der Waals surface area contributed by atoms with E-state index in [0.29, 0.717) is 14.8 Å². The molecule has 0 unspecified atom stereocenters. The lowest BCUT2D eigenvalue weighted by Crippen LogP contribution is -2.28. The number of benzene rings is 2. The summed E-state index contributed by atoms with van der Waals surface area (Å²) in [5.41, 5.74) is 3.42. The zero-order chi connectivity index (χ0) is 21.1. The first kappa shape index (κ1) is 21.3. The summed E-state index contributed by atoms with van der Waals surface area (Å²) in [4.78, 5) is 14.9. The fraction of sp³-hybridized carbons (Fsp3) is 0.238. The summed E-state index contributed by atoms with van der Waals surface area (Å²) in [6, 6.07) is 10.3. The van der Waals surface area contributed by atoms with E-state index in [1.54, 1.807) is 25.1 Å². The number of ether oxygens (including phenoxy) is 2. The van der Waals surface area contributed by atoms with Gasteiger partial charge in [-0.25, -0.2) is 0 Å². The Morgan fingerprint density at radius 3 is 2.59 bits per heavy atom. The maximum Gasteiger partial charge on any atom is 0.387 e. The molecule has 0 bridgehead atoms. The van der Waals surface area contributed by atoms with Crippen molar-refractivity contribution in [2.75, 3.05) is 11.5 Å². The highest BCUT2D eigenvalue weighted by Crippen LogP contribution is 2.38. The molecule has 3 rings (SSSR count). The summed E-state index contributed by atoms with van der Waals surface area (Å²) in [6.45, 7) is 3.00. The fourth-order valence-corrected chi connectivity index (χ4v) is 4.24. The topological polar surface area (TPSA) is 38.8 Å². The summed E-state index contributed by atoms with van der Waals surface area (Å²) in [6.07, 6.45) is 1.66. The molecule has 1 fully saturated rings. The molecule has 2 aromatic carbocycles. The quantitative estimate of drug-likeness (QED) is 0.429. The molecule has 1 aliphatic heterocycles. The van der Waals surface area contributed by atoms with Crippen molar-refractivity contribution in [3.8, 4) is 11.5 Å². The third kappa shape index (κ3) is 4.76.